The normalized spacial score (nSPS) is 11.2. The fraction of sp³-hybridized carbons (Fsp3) is 0.0625. The number of H-pyrrole nitrogens is 1. The number of amides is 1. The molecule has 0 fully saturated rings. The molecule has 3 heterocycles. The molecular formula is C16H11ClFN5O2. The van der Waals surface area contributed by atoms with Gasteiger partial charge in [0.15, 0.2) is 17.4 Å². The van der Waals surface area contributed by atoms with Gasteiger partial charge in [0, 0.05) is 23.2 Å². The Hall–Kier alpha value is -3.13. The molecule has 0 aliphatic carbocycles. The van der Waals surface area contributed by atoms with Crippen molar-refractivity contribution >= 4 is 40.2 Å². The Morgan fingerprint density at radius 3 is 3.04 bits per heavy atom. The van der Waals surface area contributed by atoms with E-state index >= 15 is 0 Å². The summed E-state index contributed by atoms with van der Waals surface area (Å²) in [5, 5.41) is 14.0. The van der Waals surface area contributed by atoms with E-state index in [1.807, 2.05) is 0 Å². The topological polar surface area (TPSA) is 84.3 Å². The second kappa shape index (κ2) is 5.75. The summed E-state index contributed by atoms with van der Waals surface area (Å²) in [6, 6.07) is 5.24. The highest BCUT2D eigenvalue weighted by atomic mass is 35.5. The number of nitrogens with zero attached hydrogens (tertiary/aromatic N) is 3. The summed E-state index contributed by atoms with van der Waals surface area (Å²) in [7, 11) is 1.37. The standard InChI is InChI=1S/C16H11ClFN5O2/c1-25-16-14(18)13(17)12(10-6-20-21-15(10)16)8-2-3-23-9(4-8)5-11(22-23)19-7-24/h2-7H,1H3,(H,20,21)(H,19,22,24). The van der Waals surface area contributed by atoms with Gasteiger partial charge in [-0.1, -0.05) is 11.6 Å². The molecule has 0 atom stereocenters. The predicted octanol–water partition coefficient (Wildman–Crippen LogP) is 3.25. The van der Waals surface area contributed by atoms with Crippen molar-refractivity contribution in [2.75, 3.05) is 12.4 Å². The fourth-order valence-corrected chi connectivity index (χ4v) is 3.14. The Bertz CT molecular complexity index is 1120. The Balaban J connectivity index is 1.98. The molecule has 0 unspecified atom stereocenters. The number of aromatic nitrogens is 4. The minimum atomic E-state index is -0.660. The average molecular weight is 360 g/mol. The molecule has 9 heteroatoms. The minimum Gasteiger partial charge on any atom is -0.491 e. The van der Waals surface area contributed by atoms with Crippen LogP contribution in [0.5, 0.6) is 5.75 Å². The lowest BCUT2D eigenvalue weighted by molar-refractivity contribution is -0.105. The lowest BCUT2D eigenvalue weighted by Gasteiger charge is -2.11. The third kappa shape index (κ3) is 2.30. The zero-order valence-electron chi connectivity index (χ0n) is 12.9. The molecule has 4 aromatic rings. The van der Waals surface area contributed by atoms with Gasteiger partial charge < -0.3 is 10.1 Å². The van der Waals surface area contributed by atoms with E-state index < -0.39 is 5.82 Å². The van der Waals surface area contributed by atoms with Gasteiger partial charge in [-0.25, -0.2) is 8.91 Å². The highest BCUT2D eigenvalue weighted by Gasteiger charge is 2.22. The maximum absolute atomic E-state index is 14.6. The number of carbonyl (C=O) groups is 1. The summed E-state index contributed by atoms with van der Waals surface area (Å²) in [4.78, 5) is 10.6. The molecule has 0 saturated heterocycles. The maximum atomic E-state index is 14.6. The molecule has 0 radical (unpaired) electrons. The minimum absolute atomic E-state index is 0.0177. The van der Waals surface area contributed by atoms with Crippen LogP contribution in [0.1, 0.15) is 0 Å². The van der Waals surface area contributed by atoms with Crippen molar-refractivity contribution in [3.8, 4) is 16.9 Å². The second-order valence-electron chi connectivity index (χ2n) is 5.27. The molecular weight excluding hydrogens is 349 g/mol. The van der Waals surface area contributed by atoms with Crippen molar-refractivity contribution in [2.24, 2.45) is 0 Å². The molecule has 1 aromatic carbocycles. The number of methoxy groups -OCH3 is 1. The van der Waals surface area contributed by atoms with E-state index in [0.29, 0.717) is 39.8 Å². The van der Waals surface area contributed by atoms with Gasteiger partial charge in [0.05, 0.1) is 23.8 Å². The largest absolute Gasteiger partial charge is 0.491 e. The molecule has 0 aliphatic heterocycles. The number of benzene rings is 1. The number of nitrogens with one attached hydrogen (secondary N) is 2. The van der Waals surface area contributed by atoms with Gasteiger partial charge in [0.2, 0.25) is 6.41 Å². The van der Waals surface area contributed by atoms with E-state index in [-0.39, 0.29) is 10.8 Å². The summed E-state index contributed by atoms with van der Waals surface area (Å²) in [6.07, 6.45) is 3.82. The first-order chi connectivity index (χ1) is 12.1. The third-order valence-electron chi connectivity index (χ3n) is 3.91. The van der Waals surface area contributed by atoms with E-state index in [0.717, 1.165) is 0 Å². The number of pyridine rings is 1. The second-order valence-corrected chi connectivity index (χ2v) is 5.65. The van der Waals surface area contributed by atoms with Crippen molar-refractivity contribution in [3.63, 3.8) is 0 Å². The molecule has 7 nitrogen and oxygen atoms in total. The summed E-state index contributed by atoms with van der Waals surface area (Å²) >= 11 is 6.28. The van der Waals surface area contributed by atoms with Crippen LogP contribution in [0.15, 0.2) is 30.6 Å². The lowest BCUT2D eigenvalue weighted by atomic mass is 10.0. The van der Waals surface area contributed by atoms with Crippen molar-refractivity contribution in [1.29, 1.82) is 0 Å². The zero-order valence-corrected chi connectivity index (χ0v) is 13.6. The summed E-state index contributed by atoms with van der Waals surface area (Å²) in [5.41, 5.74) is 2.32. The van der Waals surface area contributed by atoms with Crippen LogP contribution in [0.4, 0.5) is 10.2 Å². The Kier molecular flexibility index (Phi) is 3.54. The summed E-state index contributed by atoms with van der Waals surface area (Å²) in [6.45, 7) is 0. The first-order valence-electron chi connectivity index (χ1n) is 7.22. The molecule has 4 rings (SSSR count). The summed E-state index contributed by atoms with van der Waals surface area (Å²) < 4.78 is 21.3. The van der Waals surface area contributed by atoms with Crippen LogP contribution in [0, 0.1) is 5.82 Å². The van der Waals surface area contributed by atoms with Gasteiger partial charge in [-0.05, 0) is 17.7 Å². The number of hydrogen-bond donors (Lipinski definition) is 2. The highest BCUT2D eigenvalue weighted by molar-refractivity contribution is 6.35. The number of hydrogen-bond acceptors (Lipinski definition) is 4. The van der Waals surface area contributed by atoms with E-state index in [1.165, 1.54) is 7.11 Å². The smallest absolute Gasteiger partial charge is 0.212 e. The van der Waals surface area contributed by atoms with Gasteiger partial charge in [-0.15, -0.1) is 0 Å². The van der Waals surface area contributed by atoms with Crippen molar-refractivity contribution in [1.82, 2.24) is 19.8 Å². The van der Waals surface area contributed by atoms with Crippen LogP contribution in [0.2, 0.25) is 5.02 Å². The monoisotopic (exact) mass is 359 g/mol. The van der Waals surface area contributed by atoms with Crippen LogP contribution in [0.25, 0.3) is 27.5 Å². The van der Waals surface area contributed by atoms with Crippen LogP contribution in [-0.2, 0) is 4.79 Å². The lowest BCUT2D eigenvalue weighted by Crippen LogP contribution is -1.95. The number of rotatable bonds is 4. The summed E-state index contributed by atoms with van der Waals surface area (Å²) in [5.74, 6) is -0.232. The Labute approximate surface area is 145 Å². The number of anilines is 1. The number of aromatic amines is 1. The van der Waals surface area contributed by atoms with Crippen LogP contribution in [-0.4, -0.2) is 33.3 Å². The number of halogens is 2. The van der Waals surface area contributed by atoms with Gasteiger partial charge in [-0.2, -0.15) is 10.2 Å². The molecule has 0 saturated carbocycles. The first-order valence-corrected chi connectivity index (χ1v) is 7.60. The van der Waals surface area contributed by atoms with E-state index in [2.05, 4.69) is 20.6 Å². The molecule has 0 aliphatic rings. The third-order valence-corrected chi connectivity index (χ3v) is 4.27. The highest BCUT2D eigenvalue weighted by Crippen LogP contribution is 2.42. The Morgan fingerprint density at radius 2 is 2.28 bits per heavy atom. The molecule has 0 bridgehead atoms. The average Bonchev–Trinajstić information content (AvgIpc) is 3.22. The van der Waals surface area contributed by atoms with Crippen LogP contribution in [0.3, 0.4) is 0 Å². The van der Waals surface area contributed by atoms with Crippen molar-refractivity contribution in [2.45, 2.75) is 0 Å². The number of carbonyl (C=O) groups excluding carboxylic acids is 1. The quantitative estimate of drug-likeness (QED) is 0.548. The van der Waals surface area contributed by atoms with E-state index in [4.69, 9.17) is 16.3 Å². The molecule has 1 amide bonds. The van der Waals surface area contributed by atoms with Crippen LogP contribution >= 0.6 is 11.6 Å². The van der Waals surface area contributed by atoms with Crippen LogP contribution < -0.4 is 10.1 Å². The van der Waals surface area contributed by atoms with Gasteiger partial charge in [-0.3, -0.25) is 9.89 Å². The molecule has 126 valence electrons. The molecule has 0 spiro atoms. The SMILES string of the molecule is COc1c(F)c(Cl)c(-c2ccn3nc(NC=O)cc3c2)c2cn[nH]c12. The molecule has 3 aromatic heterocycles. The first kappa shape index (κ1) is 15.4. The van der Waals surface area contributed by atoms with Gasteiger partial charge in [0.1, 0.15) is 5.52 Å². The van der Waals surface area contributed by atoms with E-state index in [9.17, 15) is 9.18 Å². The zero-order chi connectivity index (χ0) is 17.6. The van der Waals surface area contributed by atoms with Gasteiger partial charge in [0.25, 0.3) is 0 Å². The molecule has 2 N–H and O–H groups in total. The van der Waals surface area contributed by atoms with Crippen molar-refractivity contribution in [3.05, 3.63) is 41.4 Å². The van der Waals surface area contributed by atoms with Crippen molar-refractivity contribution < 1.29 is 13.9 Å². The van der Waals surface area contributed by atoms with Gasteiger partial charge >= 0.3 is 0 Å². The fourth-order valence-electron chi connectivity index (χ4n) is 2.84. The maximum Gasteiger partial charge on any atom is 0.212 e. The molecule has 25 heavy (non-hydrogen) atoms. The Morgan fingerprint density at radius 1 is 1.44 bits per heavy atom. The number of fused-ring (bicyclic) bond motifs is 2. The number of ether oxygens (including phenoxy) is 1. The predicted molar refractivity (Wildman–Crippen MR) is 91.5 cm³/mol. The van der Waals surface area contributed by atoms with E-state index in [1.54, 1.807) is 35.1 Å².